The van der Waals surface area contributed by atoms with Crippen molar-refractivity contribution in [3.8, 4) is 5.75 Å². The Labute approximate surface area is 203 Å². The van der Waals surface area contributed by atoms with E-state index in [1.165, 1.54) is 5.56 Å². The number of benzene rings is 3. The molecule has 0 saturated heterocycles. The number of aryl methyl sites for hydroxylation is 3. The first-order valence-electron chi connectivity index (χ1n) is 10.5. The maximum atomic E-state index is 13.3. The van der Waals surface area contributed by atoms with Crippen LogP contribution >= 0.6 is 15.9 Å². The molecule has 0 bridgehead atoms. The van der Waals surface area contributed by atoms with Gasteiger partial charge in [-0.05, 0) is 80.4 Å². The Hall–Kier alpha value is -2.84. The monoisotopic (exact) mass is 530 g/mol. The van der Waals surface area contributed by atoms with E-state index in [9.17, 15) is 13.2 Å². The van der Waals surface area contributed by atoms with Gasteiger partial charge in [0.1, 0.15) is 18.9 Å². The third-order valence-corrected chi connectivity index (χ3v) is 7.50. The van der Waals surface area contributed by atoms with E-state index >= 15 is 0 Å². The molecular formula is C25H27BrN2O4S. The molecule has 0 aromatic heterocycles. The van der Waals surface area contributed by atoms with Crippen molar-refractivity contribution in [3.63, 3.8) is 0 Å². The second kappa shape index (κ2) is 10.9. The Balaban J connectivity index is 1.69. The lowest BCUT2D eigenvalue weighted by atomic mass is 10.1. The number of ether oxygens (including phenoxy) is 1. The molecule has 1 N–H and O–H groups in total. The zero-order valence-electron chi connectivity index (χ0n) is 18.8. The molecule has 33 heavy (non-hydrogen) atoms. The maximum absolute atomic E-state index is 13.3. The number of rotatable bonds is 9. The molecule has 0 aliphatic heterocycles. The van der Waals surface area contributed by atoms with Crippen molar-refractivity contribution in [2.24, 2.45) is 0 Å². The molecule has 6 nitrogen and oxygen atoms in total. The third kappa shape index (κ3) is 6.58. The molecule has 0 unspecified atom stereocenters. The fraction of sp³-hybridized carbons (Fsp3) is 0.240. The number of nitrogens with one attached hydrogen (secondary N) is 1. The smallest absolute Gasteiger partial charge is 0.264 e. The Morgan fingerprint density at radius 2 is 1.61 bits per heavy atom. The zero-order chi connectivity index (χ0) is 24.0. The summed E-state index contributed by atoms with van der Waals surface area (Å²) in [5, 5.41) is 2.74. The number of carbonyl (C=O) groups excluding carboxylic acids is 1. The highest BCUT2D eigenvalue weighted by Gasteiger charge is 2.27. The summed E-state index contributed by atoms with van der Waals surface area (Å²) in [7, 11) is -3.94. The average molecular weight is 531 g/mol. The van der Waals surface area contributed by atoms with Crippen LogP contribution in [0, 0.1) is 20.8 Å². The molecule has 0 saturated carbocycles. The van der Waals surface area contributed by atoms with E-state index in [-0.39, 0.29) is 24.6 Å². The first-order valence-corrected chi connectivity index (χ1v) is 12.7. The van der Waals surface area contributed by atoms with Crippen LogP contribution in [0.5, 0.6) is 5.75 Å². The minimum atomic E-state index is -3.94. The first-order chi connectivity index (χ1) is 15.7. The Morgan fingerprint density at radius 3 is 2.24 bits per heavy atom. The van der Waals surface area contributed by atoms with Crippen LogP contribution in [-0.2, 0) is 14.8 Å². The van der Waals surface area contributed by atoms with Gasteiger partial charge in [-0.15, -0.1) is 0 Å². The van der Waals surface area contributed by atoms with Gasteiger partial charge in [0, 0.05) is 4.47 Å². The highest BCUT2D eigenvalue weighted by molar-refractivity contribution is 9.10. The molecule has 8 heteroatoms. The number of sulfonamides is 1. The normalized spacial score (nSPS) is 11.2. The van der Waals surface area contributed by atoms with Gasteiger partial charge < -0.3 is 10.1 Å². The molecule has 3 aromatic carbocycles. The number of halogens is 1. The van der Waals surface area contributed by atoms with Crippen molar-refractivity contribution in [1.82, 2.24) is 5.32 Å². The Bertz CT molecular complexity index is 1210. The van der Waals surface area contributed by atoms with Gasteiger partial charge in [0.2, 0.25) is 5.91 Å². The highest BCUT2D eigenvalue weighted by Crippen LogP contribution is 2.25. The summed E-state index contributed by atoms with van der Waals surface area (Å²) in [5.41, 5.74) is 3.66. The maximum Gasteiger partial charge on any atom is 0.264 e. The predicted octanol–water partition coefficient (Wildman–Crippen LogP) is 4.76. The first kappa shape index (κ1) is 24.8. The van der Waals surface area contributed by atoms with Gasteiger partial charge in [-0.1, -0.05) is 39.7 Å². The van der Waals surface area contributed by atoms with Gasteiger partial charge >= 0.3 is 0 Å². The lowest BCUT2D eigenvalue weighted by molar-refractivity contribution is -0.119. The fourth-order valence-corrected chi connectivity index (χ4v) is 4.79. The van der Waals surface area contributed by atoms with Crippen LogP contribution in [0.3, 0.4) is 0 Å². The fourth-order valence-electron chi connectivity index (χ4n) is 3.11. The molecule has 0 heterocycles. The van der Waals surface area contributed by atoms with E-state index in [1.54, 1.807) is 48.5 Å². The summed E-state index contributed by atoms with van der Waals surface area (Å²) in [4.78, 5) is 12.8. The van der Waals surface area contributed by atoms with Crippen LogP contribution in [0.25, 0.3) is 0 Å². The minimum Gasteiger partial charge on any atom is -0.492 e. The summed E-state index contributed by atoms with van der Waals surface area (Å²) in [6, 6.07) is 19.2. The topological polar surface area (TPSA) is 75.7 Å². The lowest BCUT2D eigenvalue weighted by Crippen LogP contribution is -2.41. The minimum absolute atomic E-state index is 0.127. The van der Waals surface area contributed by atoms with Crippen LogP contribution in [-0.4, -0.2) is 34.0 Å². The largest absolute Gasteiger partial charge is 0.492 e. The number of hydrogen-bond donors (Lipinski definition) is 1. The Morgan fingerprint density at radius 1 is 0.939 bits per heavy atom. The van der Waals surface area contributed by atoms with Gasteiger partial charge in [-0.2, -0.15) is 0 Å². The van der Waals surface area contributed by atoms with E-state index in [4.69, 9.17) is 4.74 Å². The summed E-state index contributed by atoms with van der Waals surface area (Å²) >= 11 is 3.36. The van der Waals surface area contributed by atoms with Crippen molar-refractivity contribution in [3.05, 3.63) is 87.9 Å². The molecular weight excluding hydrogens is 504 g/mol. The predicted molar refractivity (Wildman–Crippen MR) is 134 cm³/mol. The van der Waals surface area contributed by atoms with Crippen molar-refractivity contribution >= 4 is 37.5 Å². The van der Waals surface area contributed by atoms with Crippen molar-refractivity contribution in [2.75, 3.05) is 24.0 Å². The van der Waals surface area contributed by atoms with E-state index in [0.717, 1.165) is 25.7 Å². The van der Waals surface area contributed by atoms with Crippen molar-refractivity contribution in [1.29, 1.82) is 0 Å². The number of amides is 1. The molecule has 0 radical (unpaired) electrons. The second-order valence-corrected chi connectivity index (χ2v) is 10.5. The average Bonchev–Trinajstić information content (AvgIpc) is 2.78. The molecule has 3 rings (SSSR count). The quantitative estimate of drug-likeness (QED) is 0.404. The zero-order valence-corrected chi connectivity index (χ0v) is 21.2. The van der Waals surface area contributed by atoms with Gasteiger partial charge in [-0.3, -0.25) is 9.10 Å². The van der Waals surface area contributed by atoms with Crippen LogP contribution in [0.4, 0.5) is 5.69 Å². The lowest BCUT2D eigenvalue weighted by Gasteiger charge is -2.24. The number of hydrogen-bond acceptors (Lipinski definition) is 4. The van der Waals surface area contributed by atoms with E-state index in [0.29, 0.717) is 5.69 Å². The number of nitrogens with zero attached hydrogens (tertiary/aromatic N) is 1. The van der Waals surface area contributed by atoms with Crippen LogP contribution in [0.1, 0.15) is 16.7 Å². The molecule has 174 valence electrons. The van der Waals surface area contributed by atoms with Gasteiger partial charge in [-0.25, -0.2) is 8.42 Å². The van der Waals surface area contributed by atoms with E-state index < -0.39 is 15.9 Å². The molecule has 0 fully saturated rings. The van der Waals surface area contributed by atoms with Gasteiger partial charge in [0.15, 0.2) is 0 Å². The summed E-state index contributed by atoms with van der Waals surface area (Å²) in [6.07, 6.45) is 0. The van der Waals surface area contributed by atoms with E-state index in [2.05, 4.69) is 21.2 Å². The van der Waals surface area contributed by atoms with Gasteiger partial charge in [0.05, 0.1) is 17.1 Å². The van der Waals surface area contributed by atoms with Crippen LogP contribution in [0.15, 0.2) is 76.1 Å². The summed E-state index contributed by atoms with van der Waals surface area (Å²) < 4.78 is 34.3. The molecule has 0 aliphatic carbocycles. The summed E-state index contributed by atoms with van der Waals surface area (Å²) in [5.74, 6) is 0.308. The molecule has 0 aliphatic rings. The van der Waals surface area contributed by atoms with Crippen LogP contribution < -0.4 is 14.4 Å². The molecule has 1 amide bonds. The molecule has 0 atom stereocenters. The Kier molecular flexibility index (Phi) is 8.15. The number of anilines is 1. The second-order valence-electron chi connectivity index (χ2n) is 7.75. The van der Waals surface area contributed by atoms with Crippen LogP contribution in [0.2, 0.25) is 0 Å². The number of carbonyl (C=O) groups is 1. The summed E-state index contributed by atoms with van der Waals surface area (Å²) in [6.45, 7) is 6.11. The van der Waals surface area contributed by atoms with Gasteiger partial charge in [0.25, 0.3) is 10.0 Å². The third-order valence-electron chi connectivity index (χ3n) is 5.18. The SMILES string of the molecule is Cc1ccc(S(=O)(=O)N(CC(=O)NCCOc2ccc(C)c(C)c2)c2ccc(Br)cc2)cc1. The van der Waals surface area contributed by atoms with Crippen molar-refractivity contribution < 1.29 is 17.9 Å². The molecule has 3 aromatic rings. The van der Waals surface area contributed by atoms with Crippen molar-refractivity contribution in [2.45, 2.75) is 25.7 Å². The highest BCUT2D eigenvalue weighted by atomic mass is 79.9. The molecule has 0 spiro atoms. The van der Waals surface area contributed by atoms with E-state index in [1.807, 2.05) is 39.0 Å². The standard InChI is InChI=1S/C25H27BrN2O4S/c1-18-4-12-24(13-5-18)33(30,31)28(22-9-7-21(26)8-10-22)17-25(29)27-14-15-32-23-11-6-19(2)20(3)16-23/h4-13,16H,14-15,17H2,1-3H3,(H,27,29).